The Bertz CT molecular complexity index is 851. The molecule has 7 N–H and O–H groups in total. The summed E-state index contributed by atoms with van der Waals surface area (Å²) in [6.45, 7) is 4.39. The fourth-order valence-electron chi connectivity index (χ4n) is 2.90. The first kappa shape index (κ1) is 27.5. The van der Waals surface area contributed by atoms with Gasteiger partial charge in [0.2, 0.25) is 18.2 Å². The van der Waals surface area contributed by atoms with Crippen LogP contribution in [0.25, 0.3) is 0 Å². The van der Waals surface area contributed by atoms with Gasteiger partial charge in [-0.1, -0.05) is 13.8 Å². The van der Waals surface area contributed by atoms with Crippen molar-refractivity contribution in [3.8, 4) is 0 Å². The van der Waals surface area contributed by atoms with E-state index in [-0.39, 0.29) is 24.1 Å². The zero-order valence-corrected chi connectivity index (χ0v) is 19.0. The number of carbonyl (C=O) groups is 5. The molecule has 33 heavy (non-hydrogen) atoms. The molecule has 0 aromatic heterocycles. The topological polar surface area (TPSA) is 177 Å². The fraction of sp³-hybridized carbons (Fsp3) is 0.409. The van der Waals surface area contributed by atoms with Crippen LogP contribution in [0.5, 0.6) is 0 Å². The van der Waals surface area contributed by atoms with Crippen LogP contribution in [0.1, 0.15) is 26.7 Å². The maximum Gasteiger partial charge on any atom is 0.258 e. The van der Waals surface area contributed by atoms with E-state index in [9.17, 15) is 19.2 Å². The summed E-state index contributed by atoms with van der Waals surface area (Å²) >= 11 is 0. The second-order valence-corrected chi connectivity index (χ2v) is 7.59. The van der Waals surface area contributed by atoms with Gasteiger partial charge in [0.05, 0.1) is 11.7 Å². The zero-order chi connectivity index (χ0) is 25.0. The number of hydrogen-bond acceptors (Lipinski definition) is 7. The minimum absolute atomic E-state index is 0.0518. The number of amides is 5. The highest BCUT2D eigenvalue weighted by molar-refractivity contribution is 6.28. The molecule has 0 spiro atoms. The van der Waals surface area contributed by atoms with Crippen molar-refractivity contribution in [2.45, 2.75) is 38.8 Å². The highest BCUT2D eigenvalue weighted by atomic mass is 16.2. The summed E-state index contributed by atoms with van der Waals surface area (Å²) in [6.07, 6.45) is 3.80. The van der Waals surface area contributed by atoms with Crippen molar-refractivity contribution in [3.05, 3.63) is 36.4 Å². The number of hydrogen-bond donors (Lipinski definition) is 5. The Morgan fingerprint density at radius 1 is 1.06 bits per heavy atom. The van der Waals surface area contributed by atoms with Gasteiger partial charge in [-0.15, -0.1) is 0 Å². The maximum atomic E-state index is 12.8. The van der Waals surface area contributed by atoms with Crippen LogP contribution in [0.3, 0.4) is 0 Å². The first-order valence-corrected chi connectivity index (χ1v) is 10.5. The molecule has 1 aromatic rings. The van der Waals surface area contributed by atoms with Crippen LogP contribution in [0.2, 0.25) is 0 Å². The van der Waals surface area contributed by atoms with Crippen LogP contribution in [-0.4, -0.2) is 55.7 Å². The van der Waals surface area contributed by atoms with E-state index >= 15 is 0 Å². The average molecular weight is 461 g/mol. The van der Waals surface area contributed by atoms with Gasteiger partial charge >= 0.3 is 0 Å². The first-order chi connectivity index (χ1) is 15.7. The SMILES string of the molecule is CNCCC[C@H](NC(=O)C(N)C(C)C)C(=O)Nc1ccc(N2C(=O)C=CC2=O)cc1.NC=O. The molecule has 5 amide bonds. The van der Waals surface area contributed by atoms with Crippen molar-refractivity contribution in [2.24, 2.45) is 17.4 Å². The van der Waals surface area contributed by atoms with Crippen LogP contribution in [0.4, 0.5) is 11.4 Å². The molecule has 0 fully saturated rings. The van der Waals surface area contributed by atoms with Gasteiger partial charge in [0.15, 0.2) is 0 Å². The Balaban J connectivity index is 0.00000172. The monoisotopic (exact) mass is 460 g/mol. The molecule has 2 atom stereocenters. The lowest BCUT2D eigenvalue weighted by atomic mass is 10.0. The predicted octanol–water partition coefficient (Wildman–Crippen LogP) is -0.376. The number of benzene rings is 1. The van der Waals surface area contributed by atoms with E-state index in [0.29, 0.717) is 30.8 Å². The lowest BCUT2D eigenvalue weighted by Gasteiger charge is -2.22. The summed E-state index contributed by atoms with van der Waals surface area (Å²) in [6, 6.07) is 4.90. The van der Waals surface area contributed by atoms with E-state index in [0.717, 1.165) is 4.90 Å². The molecule has 180 valence electrons. The van der Waals surface area contributed by atoms with Crippen molar-refractivity contribution in [1.29, 1.82) is 0 Å². The minimum Gasteiger partial charge on any atom is -0.372 e. The minimum atomic E-state index is -0.735. The van der Waals surface area contributed by atoms with Crippen LogP contribution < -0.4 is 32.3 Å². The van der Waals surface area contributed by atoms with E-state index in [1.807, 2.05) is 20.9 Å². The maximum absolute atomic E-state index is 12.8. The zero-order valence-electron chi connectivity index (χ0n) is 19.0. The first-order valence-electron chi connectivity index (χ1n) is 10.5. The van der Waals surface area contributed by atoms with Crippen LogP contribution in [0.15, 0.2) is 36.4 Å². The molecule has 1 heterocycles. The molecule has 0 radical (unpaired) electrons. The van der Waals surface area contributed by atoms with Gasteiger partial charge in [0.1, 0.15) is 6.04 Å². The number of nitrogens with one attached hydrogen (secondary N) is 3. The van der Waals surface area contributed by atoms with Crippen LogP contribution in [-0.2, 0) is 24.0 Å². The number of imide groups is 1. The van der Waals surface area contributed by atoms with Gasteiger partial charge in [-0.3, -0.25) is 24.0 Å². The Kier molecular flexibility index (Phi) is 11.5. The normalized spacial score (nSPS) is 14.4. The predicted molar refractivity (Wildman–Crippen MR) is 125 cm³/mol. The summed E-state index contributed by atoms with van der Waals surface area (Å²) in [5.74, 6) is -1.61. The number of anilines is 2. The molecule has 0 saturated heterocycles. The molecule has 1 aliphatic rings. The van der Waals surface area contributed by atoms with Crippen molar-refractivity contribution < 1.29 is 24.0 Å². The average Bonchev–Trinajstić information content (AvgIpc) is 3.11. The largest absolute Gasteiger partial charge is 0.372 e. The van der Waals surface area contributed by atoms with Gasteiger partial charge in [-0.2, -0.15) is 0 Å². The molecule has 11 heteroatoms. The van der Waals surface area contributed by atoms with Crippen molar-refractivity contribution >= 4 is 41.4 Å². The van der Waals surface area contributed by atoms with E-state index < -0.39 is 23.9 Å². The third-order valence-corrected chi connectivity index (χ3v) is 4.78. The number of carbonyl (C=O) groups excluding carboxylic acids is 5. The summed E-state index contributed by atoms with van der Waals surface area (Å²) < 4.78 is 0. The summed E-state index contributed by atoms with van der Waals surface area (Å²) in [5.41, 5.74) is 11.0. The Morgan fingerprint density at radius 2 is 1.61 bits per heavy atom. The quantitative estimate of drug-likeness (QED) is 0.179. The lowest BCUT2D eigenvalue weighted by molar-refractivity contribution is -0.128. The molecule has 2 rings (SSSR count). The van der Waals surface area contributed by atoms with Gasteiger partial charge in [-0.25, -0.2) is 4.90 Å². The van der Waals surface area contributed by atoms with Crippen LogP contribution >= 0.6 is 0 Å². The molecule has 0 saturated carbocycles. The number of primary amides is 1. The Labute approximate surface area is 192 Å². The van der Waals surface area contributed by atoms with Crippen molar-refractivity contribution in [3.63, 3.8) is 0 Å². The van der Waals surface area contributed by atoms with Crippen molar-refractivity contribution in [2.75, 3.05) is 23.8 Å². The Morgan fingerprint density at radius 3 is 2.09 bits per heavy atom. The van der Waals surface area contributed by atoms with E-state index in [1.54, 1.807) is 24.3 Å². The van der Waals surface area contributed by atoms with Gasteiger partial charge in [-0.05, 0) is 56.6 Å². The molecule has 1 aromatic carbocycles. The molecule has 1 unspecified atom stereocenters. The number of nitrogens with two attached hydrogens (primary N) is 2. The Hall–Kier alpha value is -3.57. The van der Waals surface area contributed by atoms with E-state index in [1.165, 1.54) is 12.2 Å². The third-order valence-electron chi connectivity index (χ3n) is 4.78. The van der Waals surface area contributed by atoms with Gasteiger partial charge in [0.25, 0.3) is 11.8 Å². The van der Waals surface area contributed by atoms with Gasteiger partial charge in [0, 0.05) is 17.8 Å². The second kappa shape index (κ2) is 13.8. The smallest absolute Gasteiger partial charge is 0.258 e. The molecule has 0 aliphatic carbocycles. The molecule has 11 nitrogen and oxygen atoms in total. The highest BCUT2D eigenvalue weighted by Crippen LogP contribution is 2.21. The number of nitrogens with zero attached hydrogens (tertiary/aromatic N) is 1. The molecular formula is C22H32N6O5. The molecule has 0 bridgehead atoms. The second-order valence-electron chi connectivity index (χ2n) is 7.59. The third kappa shape index (κ3) is 8.47. The standard InChI is InChI=1S/C21H29N5O4.CH3NO/c1-13(2)19(22)21(30)25-16(5-4-12-23-3)20(29)24-14-6-8-15(9-7-14)26-17(27)10-11-18(26)28;2-1-3/h6-11,13,16,19,23H,4-5,12,22H2,1-3H3,(H,24,29)(H,25,30);1H,(H2,2,3)/t16-,19?;/m0./s1. The van der Waals surface area contributed by atoms with E-state index in [4.69, 9.17) is 10.5 Å². The fourth-order valence-corrected chi connectivity index (χ4v) is 2.90. The lowest BCUT2D eigenvalue weighted by Crippen LogP contribution is -2.51. The van der Waals surface area contributed by atoms with Crippen molar-refractivity contribution in [1.82, 2.24) is 10.6 Å². The van der Waals surface area contributed by atoms with E-state index in [2.05, 4.69) is 21.7 Å². The summed E-state index contributed by atoms with van der Waals surface area (Å²) in [7, 11) is 1.81. The van der Waals surface area contributed by atoms with Crippen LogP contribution in [0, 0.1) is 5.92 Å². The summed E-state index contributed by atoms with van der Waals surface area (Å²) in [5, 5.41) is 8.51. The van der Waals surface area contributed by atoms with Gasteiger partial charge < -0.3 is 27.4 Å². The molecular weight excluding hydrogens is 428 g/mol. The number of rotatable bonds is 10. The molecule has 1 aliphatic heterocycles. The summed E-state index contributed by atoms with van der Waals surface area (Å²) in [4.78, 5) is 58.2. The highest BCUT2D eigenvalue weighted by Gasteiger charge is 2.26.